The number of hydrogen-bond acceptors (Lipinski definition) is 4. The molecule has 0 aliphatic rings. The lowest BCUT2D eigenvalue weighted by molar-refractivity contribution is 0.203. The number of nitrogens with one attached hydrogen (secondary N) is 1. The highest BCUT2D eigenvalue weighted by atomic mass is 16.3. The Morgan fingerprint density at radius 2 is 2.00 bits per heavy atom. The highest BCUT2D eigenvalue weighted by Gasteiger charge is 1.72. The van der Waals surface area contributed by atoms with E-state index in [9.17, 15) is 0 Å². The summed E-state index contributed by atoms with van der Waals surface area (Å²) in [7, 11) is 0. The van der Waals surface area contributed by atoms with Crippen LogP contribution in [0, 0.1) is 0 Å². The van der Waals surface area contributed by atoms with Gasteiger partial charge in [-0.1, -0.05) is 6.92 Å². The number of rotatable bonds is 3. The first kappa shape index (κ1) is 12.5. The van der Waals surface area contributed by atoms with E-state index in [-0.39, 0.29) is 6.61 Å². The molecule has 1 unspecified atom stereocenters. The minimum atomic E-state index is -0.667. The van der Waals surface area contributed by atoms with Crippen LogP contribution in [0.15, 0.2) is 0 Å². The quantitative estimate of drug-likeness (QED) is 0.303. The van der Waals surface area contributed by atoms with Crippen molar-refractivity contribution >= 4 is 0 Å². The van der Waals surface area contributed by atoms with Crippen molar-refractivity contribution in [1.82, 2.24) is 5.32 Å². The van der Waals surface area contributed by atoms with Gasteiger partial charge in [-0.05, 0) is 13.5 Å². The zero-order valence-electron chi connectivity index (χ0n) is 6.67. The van der Waals surface area contributed by atoms with Gasteiger partial charge in [0.1, 0.15) is 0 Å². The van der Waals surface area contributed by atoms with Gasteiger partial charge in [0.15, 0.2) is 0 Å². The van der Waals surface area contributed by atoms with Gasteiger partial charge in [-0.15, -0.1) is 0 Å². The van der Waals surface area contributed by atoms with Crippen molar-refractivity contribution in [3.05, 3.63) is 0 Å². The third-order valence-corrected chi connectivity index (χ3v) is 0.539. The van der Waals surface area contributed by atoms with Crippen molar-refractivity contribution in [2.75, 3.05) is 19.7 Å². The average Bonchev–Trinajstić information content (AvgIpc) is 1.82. The second-order valence-corrected chi connectivity index (χ2v) is 1.82. The van der Waals surface area contributed by atoms with Crippen molar-refractivity contribution in [1.29, 1.82) is 0 Å². The van der Waals surface area contributed by atoms with E-state index in [0.29, 0.717) is 0 Å². The molecule has 0 aromatic heterocycles. The minimum absolute atomic E-state index is 0.244. The molecule has 0 radical (unpaired) electrons. The Morgan fingerprint density at radius 3 is 2.10 bits per heavy atom. The molecule has 0 fully saturated rings. The SMILES string of the molecule is CC(N)O.CCNCCO. The molecule has 0 aromatic carbocycles. The molecule has 0 aliphatic heterocycles. The molecule has 4 heteroatoms. The largest absolute Gasteiger partial charge is 0.395 e. The molecule has 0 aliphatic carbocycles. The van der Waals surface area contributed by atoms with Gasteiger partial charge in [0.2, 0.25) is 0 Å². The lowest BCUT2D eigenvalue weighted by Gasteiger charge is -1.91. The molecule has 0 heterocycles. The summed E-state index contributed by atoms with van der Waals surface area (Å²) in [6.45, 7) is 5.42. The summed E-state index contributed by atoms with van der Waals surface area (Å²) >= 11 is 0. The van der Waals surface area contributed by atoms with Crippen LogP contribution in [-0.4, -0.2) is 36.1 Å². The smallest absolute Gasteiger partial charge is 0.0991 e. The molecule has 64 valence electrons. The van der Waals surface area contributed by atoms with Crippen molar-refractivity contribution in [3.63, 3.8) is 0 Å². The minimum Gasteiger partial charge on any atom is -0.395 e. The second kappa shape index (κ2) is 11.6. The molecular formula is C6H18N2O2. The van der Waals surface area contributed by atoms with Gasteiger partial charge in [-0.2, -0.15) is 0 Å². The number of likely N-dealkylation sites (N-methyl/N-ethyl adjacent to an activating group) is 1. The van der Waals surface area contributed by atoms with Crippen LogP contribution in [0.1, 0.15) is 13.8 Å². The lowest BCUT2D eigenvalue weighted by Crippen LogP contribution is -2.16. The summed E-state index contributed by atoms with van der Waals surface area (Å²) in [5.41, 5.74) is 4.67. The van der Waals surface area contributed by atoms with Gasteiger partial charge in [-0.3, -0.25) is 0 Å². The summed E-state index contributed by atoms with van der Waals surface area (Å²) in [5.74, 6) is 0. The van der Waals surface area contributed by atoms with Crippen molar-refractivity contribution < 1.29 is 10.2 Å². The maximum atomic E-state index is 8.13. The maximum Gasteiger partial charge on any atom is 0.0991 e. The summed E-state index contributed by atoms with van der Waals surface area (Å²) in [4.78, 5) is 0. The predicted molar refractivity (Wildman–Crippen MR) is 41.5 cm³/mol. The van der Waals surface area contributed by atoms with Crippen LogP contribution in [0.4, 0.5) is 0 Å². The predicted octanol–water partition coefficient (Wildman–Crippen LogP) is -1.13. The van der Waals surface area contributed by atoms with Crippen LogP contribution in [0.25, 0.3) is 0 Å². The van der Waals surface area contributed by atoms with E-state index in [1.807, 2.05) is 6.92 Å². The Morgan fingerprint density at radius 1 is 1.60 bits per heavy atom. The topological polar surface area (TPSA) is 78.5 Å². The lowest BCUT2D eigenvalue weighted by atomic mass is 10.6. The Balaban J connectivity index is 0. The molecular weight excluding hydrogens is 132 g/mol. The van der Waals surface area contributed by atoms with E-state index in [4.69, 9.17) is 10.2 Å². The Hall–Kier alpha value is -0.160. The standard InChI is InChI=1S/C4H11NO.C2H7NO/c1-2-5-3-4-6;1-2(3)4/h5-6H,2-4H2,1H3;2,4H,3H2,1H3. The third-order valence-electron chi connectivity index (χ3n) is 0.539. The highest BCUT2D eigenvalue weighted by Crippen LogP contribution is 1.51. The van der Waals surface area contributed by atoms with Crippen LogP contribution in [0.3, 0.4) is 0 Å². The van der Waals surface area contributed by atoms with Gasteiger partial charge in [0, 0.05) is 6.54 Å². The summed E-state index contributed by atoms with van der Waals surface area (Å²) < 4.78 is 0. The van der Waals surface area contributed by atoms with E-state index < -0.39 is 6.23 Å². The highest BCUT2D eigenvalue weighted by molar-refractivity contribution is 4.35. The van der Waals surface area contributed by atoms with Gasteiger partial charge in [0.05, 0.1) is 12.8 Å². The molecule has 0 saturated carbocycles. The van der Waals surface area contributed by atoms with Crippen LogP contribution < -0.4 is 11.1 Å². The number of hydrogen-bond donors (Lipinski definition) is 4. The number of nitrogens with two attached hydrogens (primary N) is 1. The summed E-state index contributed by atoms with van der Waals surface area (Å²) in [6.07, 6.45) is -0.667. The van der Waals surface area contributed by atoms with Crippen molar-refractivity contribution in [2.24, 2.45) is 5.73 Å². The zero-order chi connectivity index (χ0) is 8.41. The molecule has 0 amide bonds. The molecule has 0 aromatic rings. The van der Waals surface area contributed by atoms with Crippen LogP contribution in [0.2, 0.25) is 0 Å². The Bertz CT molecular complexity index is 44.3. The van der Waals surface area contributed by atoms with E-state index in [1.54, 1.807) is 0 Å². The third kappa shape index (κ3) is 45.5. The molecule has 0 rings (SSSR count). The van der Waals surface area contributed by atoms with Crippen LogP contribution in [-0.2, 0) is 0 Å². The molecule has 4 nitrogen and oxygen atoms in total. The van der Waals surface area contributed by atoms with E-state index in [1.165, 1.54) is 6.92 Å². The Labute approximate surface area is 62.0 Å². The van der Waals surface area contributed by atoms with Gasteiger partial charge in [-0.25, -0.2) is 0 Å². The summed E-state index contributed by atoms with van der Waals surface area (Å²) in [5, 5.41) is 18.9. The van der Waals surface area contributed by atoms with E-state index >= 15 is 0 Å². The molecule has 5 N–H and O–H groups in total. The van der Waals surface area contributed by atoms with Gasteiger partial charge >= 0.3 is 0 Å². The molecule has 10 heavy (non-hydrogen) atoms. The monoisotopic (exact) mass is 150 g/mol. The number of aliphatic hydroxyl groups excluding tert-OH is 2. The molecule has 0 spiro atoms. The normalized spacial score (nSPS) is 11.7. The second-order valence-electron chi connectivity index (χ2n) is 1.82. The molecule has 1 atom stereocenters. The molecule has 0 saturated heterocycles. The first-order valence-electron chi connectivity index (χ1n) is 3.40. The average molecular weight is 150 g/mol. The fraction of sp³-hybridized carbons (Fsp3) is 1.00. The van der Waals surface area contributed by atoms with E-state index in [0.717, 1.165) is 13.1 Å². The first-order chi connectivity index (χ1) is 4.65. The van der Waals surface area contributed by atoms with Gasteiger partial charge < -0.3 is 21.3 Å². The summed E-state index contributed by atoms with van der Waals surface area (Å²) in [6, 6.07) is 0. The van der Waals surface area contributed by atoms with Crippen LogP contribution in [0.5, 0.6) is 0 Å². The zero-order valence-corrected chi connectivity index (χ0v) is 6.67. The Kier molecular flexibility index (Phi) is 14.5. The first-order valence-corrected chi connectivity index (χ1v) is 3.40. The van der Waals surface area contributed by atoms with E-state index in [2.05, 4.69) is 11.1 Å². The fourth-order valence-electron chi connectivity index (χ4n) is 0.256. The fourth-order valence-corrected chi connectivity index (χ4v) is 0.256. The van der Waals surface area contributed by atoms with Crippen LogP contribution >= 0.6 is 0 Å². The molecule has 0 bridgehead atoms. The van der Waals surface area contributed by atoms with Crippen molar-refractivity contribution in [3.8, 4) is 0 Å². The van der Waals surface area contributed by atoms with Crippen molar-refractivity contribution in [2.45, 2.75) is 20.1 Å². The maximum absolute atomic E-state index is 8.13. The van der Waals surface area contributed by atoms with Gasteiger partial charge in [0.25, 0.3) is 0 Å². The number of aliphatic hydroxyl groups is 2.